The number of hydrogen-bond acceptors (Lipinski definition) is 3. The Balaban J connectivity index is 1.38. The first-order valence-corrected chi connectivity index (χ1v) is 10.1. The summed E-state index contributed by atoms with van der Waals surface area (Å²) < 4.78 is 2.33. The van der Waals surface area contributed by atoms with Crippen LogP contribution in [0.2, 0.25) is 0 Å². The molecule has 27 heavy (non-hydrogen) atoms. The van der Waals surface area contributed by atoms with E-state index in [0.29, 0.717) is 5.69 Å². The fourth-order valence-corrected chi connectivity index (χ4v) is 4.54. The number of fused-ring (bicyclic) bond motifs is 2. The summed E-state index contributed by atoms with van der Waals surface area (Å²) in [5.41, 5.74) is 1.69. The molecule has 1 fully saturated rings. The highest BCUT2D eigenvalue weighted by Gasteiger charge is 2.30. The summed E-state index contributed by atoms with van der Waals surface area (Å²) in [5, 5.41) is 10.1. The smallest absolute Gasteiger partial charge is 0.270 e. The van der Waals surface area contributed by atoms with Crippen LogP contribution in [0.15, 0.2) is 30.3 Å². The lowest BCUT2D eigenvalue weighted by Gasteiger charge is -2.32. The summed E-state index contributed by atoms with van der Waals surface area (Å²) in [4.78, 5) is 18.3. The Kier molecular flexibility index (Phi) is 4.19. The summed E-state index contributed by atoms with van der Waals surface area (Å²) in [6.07, 6.45) is 6.78. The van der Waals surface area contributed by atoms with Crippen molar-refractivity contribution in [3.8, 4) is 0 Å². The number of carbonyl (C=O) groups is 1. The highest BCUT2D eigenvalue weighted by Crippen LogP contribution is 2.29. The van der Waals surface area contributed by atoms with E-state index in [2.05, 4.69) is 19.7 Å². The first-order chi connectivity index (χ1) is 13.3. The number of rotatable bonds is 2. The Morgan fingerprint density at radius 2 is 2.00 bits per heavy atom. The Hall–Kier alpha value is -2.63. The van der Waals surface area contributed by atoms with E-state index in [1.807, 2.05) is 35.2 Å². The van der Waals surface area contributed by atoms with Gasteiger partial charge in [-0.1, -0.05) is 24.6 Å². The molecular formula is C21H25N5O. The second kappa shape index (κ2) is 6.83. The maximum Gasteiger partial charge on any atom is 0.270 e. The SMILES string of the molecule is O=C(c1cc2ccccc2[nH]1)N1CCC[C@@H](c2nnc3n2CCCCC3)C1. The van der Waals surface area contributed by atoms with Crippen LogP contribution in [0, 0.1) is 0 Å². The highest BCUT2D eigenvalue weighted by atomic mass is 16.2. The van der Waals surface area contributed by atoms with Crippen molar-refractivity contribution in [3.05, 3.63) is 47.7 Å². The Morgan fingerprint density at radius 1 is 1.07 bits per heavy atom. The molecule has 5 rings (SSSR count). The first-order valence-electron chi connectivity index (χ1n) is 10.1. The van der Waals surface area contributed by atoms with Crippen molar-refractivity contribution in [1.82, 2.24) is 24.6 Å². The fourth-order valence-electron chi connectivity index (χ4n) is 4.54. The first kappa shape index (κ1) is 16.5. The number of aromatic nitrogens is 4. The number of piperidine rings is 1. The molecule has 0 radical (unpaired) electrons. The van der Waals surface area contributed by atoms with E-state index in [-0.39, 0.29) is 11.8 Å². The van der Waals surface area contributed by atoms with Crippen molar-refractivity contribution in [3.63, 3.8) is 0 Å². The van der Waals surface area contributed by atoms with Gasteiger partial charge in [-0.15, -0.1) is 10.2 Å². The second-order valence-corrected chi connectivity index (χ2v) is 7.80. The lowest BCUT2D eigenvalue weighted by Crippen LogP contribution is -2.40. The summed E-state index contributed by atoms with van der Waals surface area (Å²) >= 11 is 0. The van der Waals surface area contributed by atoms with Crippen molar-refractivity contribution in [2.45, 2.75) is 51.0 Å². The van der Waals surface area contributed by atoms with Crippen LogP contribution in [-0.2, 0) is 13.0 Å². The minimum atomic E-state index is 0.0894. The number of nitrogens with one attached hydrogen (secondary N) is 1. The molecule has 2 aromatic heterocycles. The summed E-state index contributed by atoms with van der Waals surface area (Å²) in [6, 6.07) is 9.99. The number of nitrogens with zero attached hydrogens (tertiary/aromatic N) is 4. The van der Waals surface area contributed by atoms with Gasteiger partial charge in [-0.05, 0) is 37.8 Å². The van der Waals surface area contributed by atoms with Gasteiger partial charge in [-0.3, -0.25) is 4.79 Å². The Morgan fingerprint density at radius 3 is 2.93 bits per heavy atom. The third kappa shape index (κ3) is 3.03. The molecule has 6 nitrogen and oxygen atoms in total. The van der Waals surface area contributed by atoms with Crippen LogP contribution >= 0.6 is 0 Å². The molecular weight excluding hydrogens is 338 g/mol. The summed E-state index contributed by atoms with van der Waals surface area (Å²) in [6.45, 7) is 2.56. The molecule has 0 unspecified atom stereocenters. The maximum atomic E-state index is 13.1. The van der Waals surface area contributed by atoms with Crippen molar-refractivity contribution in [2.24, 2.45) is 0 Å². The standard InChI is InChI=1S/C21H25N5O/c27-21(18-13-15-7-3-4-9-17(15)22-18)25-11-6-8-16(14-25)20-24-23-19-10-2-1-5-12-26(19)20/h3-4,7,9,13,16,22H,1-2,5-6,8,10-12,14H2/t16-/m1/s1. The van der Waals surface area contributed by atoms with Gasteiger partial charge in [0.1, 0.15) is 17.3 Å². The predicted molar refractivity (Wildman–Crippen MR) is 104 cm³/mol. The van der Waals surface area contributed by atoms with Gasteiger partial charge in [0.05, 0.1) is 0 Å². The molecule has 1 amide bonds. The van der Waals surface area contributed by atoms with E-state index < -0.39 is 0 Å². The number of benzene rings is 1. The average Bonchev–Trinajstić information content (AvgIpc) is 3.25. The third-order valence-electron chi connectivity index (χ3n) is 5.97. The monoisotopic (exact) mass is 363 g/mol. The molecule has 140 valence electrons. The minimum Gasteiger partial charge on any atom is -0.351 e. The van der Waals surface area contributed by atoms with Gasteiger partial charge in [0.25, 0.3) is 5.91 Å². The Bertz CT molecular complexity index is 939. The average molecular weight is 363 g/mol. The molecule has 0 bridgehead atoms. The van der Waals surface area contributed by atoms with E-state index in [1.165, 1.54) is 19.3 Å². The molecule has 2 aliphatic heterocycles. The number of amides is 1. The zero-order chi connectivity index (χ0) is 18.2. The van der Waals surface area contributed by atoms with Crippen LogP contribution in [0.5, 0.6) is 0 Å². The zero-order valence-corrected chi connectivity index (χ0v) is 15.5. The number of carbonyl (C=O) groups excluding carboxylic acids is 1. The van der Waals surface area contributed by atoms with Crippen LogP contribution < -0.4 is 0 Å². The molecule has 1 saturated heterocycles. The van der Waals surface area contributed by atoms with Crippen LogP contribution in [0.4, 0.5) is 0 Å². The number of aromatic amines is 1. The molecule has 2 aliphatic rings. The van der Waals surface area contributed by atoms with E-state index in [1.54, 1.807) is 0 Å². The number of H-pyrrole nitrogens is 1. The van der Waals surface area contributed by atoms with Gasteiger partial charge in [0.15, 0.2) is 0 Å². The van der Waals surface area contributed by atoms with Crippen LogP contribution in [0.1, 0.15) is 60.2 Å². The molecule has 1 atom stereocenters. The molecule has 4 heterocycles. The highest BCUT2D eigenvalue weighted by molar-refractivity contribution is 5.98. The summed E-state index contributed by atoms with van der Waals surface area (Å²) in [5.74, 6) is 2.58. The third-order valence-corrected chi connectivity index (χ3v) is 5.97. The van der Waals surface area contributed by atoms with Crippen LogP contribution in [0.3, 0.4) is 0 Å². The van der Waals surface area contributed by atoms with Crippen molar-refractivity contribution >= 4 is 16.8 Å². The number of aryl methyl sites for hydroxylation is 1. The molecule has 3 aromatic rings. The van der Waals surface area contributed by atoms with Crippen LogP contribution in [-0.4, -0.2) is 43.6 Å². The second-order valence-electron chi connectivity index (χ2n) is 7.80. The molecule has 1 N–H and O–H groups in total. The van der Waals surface area contributed by atoms with E-state index in [9.17, 15) is 4.79 Å². The number of likely N-dealkylation sites (tertiary alicyclic amines) is 1. The number of para-hydroxylation sites is 1. The van der Waals surface area contributed by atoms with Gasteiger partial charge in [0.2, 0.25) is 0 Å². The van der Waals surface area contributed by atoms with Crippen molar-refractivity contribution < 1.29 is 4.79 Å². The van der Waals surface area contributed by atoms with Crippen molar-refractivity contribution in [1.29, 1.82) is 0 Å². The zero-order valence-electron chi connectivity index (χ0n) is 15.5. The molecule has 0 saturated carbocycles. The quantitative estimate of drug-likeness (QED) is 0.758. The minimum absolute atomic E-state index is 0.0894. The maximum absolute atomic E-state index is 13.1. The molecule has 1 aromatic carbocycles. The molecule has 0 spiro atoms. The van der Waals surface area contributed by atoms with Gasteiger partial charge >= 0.3 is 0 Å². The fraction of sp³-hybridized carbons (Fsp3) is 0.476. The number of hydrogen-bond donors (Lipinski definition) is 1. The van der Waals surface area contributed by atoms with Gasteiger partial charge in [-0.2, -0.15) is 0 Å². The van der Waals surface area contributed by atoms with Gasteiger partial charge < -0.3 is 14.5 Å². The lowest BCUT2D eigenvalue weighted by atomic mass is 9.96. The largest absolute Gasteiger partial charge is 0.351 e. The van der Waals surface area contributed by atoms with Gasteiger partial charge in [-0.25, -0.2) is 0 Å². The summed E-state index contributed by atoms with van der Waals surface area (Å²) in [7, 11) is 0. The predicted octanol–water partition coefficient (Wildman–Crippen LogP) is 3.51. The van der Waals surface area contributed by atoms with Gasteiger partial charge in [0, 0.05) is 42.9 Å². The van der Waals surface area contributed by atoms with E-state index in [4.69, 9.17) is 0 Å². The molecule has 0 aliphatic carbocycles. The Labute approximate surface area is 158 Å². The topological polar surface area (TPSA) is 66.8 Å². The van der Waals surface area contributed by atoms with E-state index in [0.717, 1.165) is 61.4 Å². The van der Waals surface area contributed by atoms with E-state index >= 15 is 0 Å². The lowest BCUT2D eigenvalue weighted by molar-refractivity contribution is 0.0698. The normalized spacial score (nSPS) is 20.4. The molecule has 6 heteroatoms. The van der Waals surface area contributed by atoms with Crippen molar-refractivity contribution in [2.75, 3.05) is 13.1 Å². The van der Waals surface area contributed by atoms with Crippen LogP contribution in [0.25, 0.3) is 10.9 Å².